The Morgan fingerprint density at radius 2 is 2.00 bits per heavy atom. The van der Waals surface area contributed by atoms with Crippen LogP contribution in [0.25, 0.3) is 0 Å². The summed E-state index contributed by atoms with van der Waals surface area (Å²) in [7, 11) is 0. The highest BCUT2D eigenvalue weighted by molar-refractivity contribution is 5.89. The maximum atomic E-state index is 12.7. The molecule has 2 fully saturated rings. The Morgan fingerprint density at radius 1 is 1.21 bits per heavy atom. The summed E-state index contributed by atoms with van der Waals surface area (Å²) >= 11 is 0. The van der Waals surface area contributed by atoms with E-state index < -0.39 is 0 Å². The van der Waals surface area contributed by atoms with Crippen LogP contribution in [-0.2, 0) is 0 Å². The molecule has 0 aliphatic heterocycles. The number of urea groups is 1. The summed E-state index contributed by atoms with van der Waals surface area (Å²) in [4.78, 5) is 11.7. The second kappa shape index (κ2) is 5.19. The number of hydrogen-bond acceptors (Lipinski definition) is 1. The minimum atomic E-state index is -0.298. The van der Waals surface area contributed by atoms with Gasteiger partial charge in [0.1, 0.15) is 5.82 Å². The van der Waals surface area contributed by atoms with E-state index >= 15 is 0 Å². The van der Waals surface area contributed by atoms with Crippen molar-refractivity contribution in [1.29, 1.82) is 0 Å². The van der Waals surface area contributed by atoms with Gasteiger partial charge in [0.15, 0.2) is 0 Å². The molecule has 4 heteroatoms. The molecule has 3 nitrogen and oxygen atoms in total. The van der Waals surface area contributed by atoms with Gasteiger partial charge in [0, 0.05) is 12.2 Å². The zero-order chi connectivity index (χ0) is 13.2. The molecule has 3 rings (SSSR count). The summed E-state index contributed by atoms with van der Waals surface area (Å²) in [5, 5.41) is 5.65. The van der Waals surface area contributed by atoms with Crippen molar-refractivity contribution in [1.82, 2.24) is 5.32 Å². The van der Waals surface area contributed by atoms with E-state index in [0.717, 1.165) is 18.4 Å². The summed E-state index contributed by atoms with van der Waals surface area (Å²) in [6.07, 6.45) is 5.33. The average Bonchev–Trinajstić information content (AvgIpc) is 3.01. The third-order valence-corrected chi connectivity index (χ3v) is 4.51. The fourth-order valence-electron chi connectivity index (χ4n) is 3.56. The SMILES string of the molecule is O=C(NC[C@@H]1C[C@H]2CC[C@H]1C2)Nc1ccc(F)cc1. The lowest BCUT2D eigenvalue weighted by atomic mass is 9.89. The molecule has 0 spiro atoms. The van der Waals surface area contributed by atoms with Gasteiger partial charge in [-0.3, -0.25) is 0 Å². The van der Waals surface area contributed by atoms with Gasteiger partial charge in [0.05, 0.1) is 0 Å². The molecule has 0 saturated heterocycles. The molecule has 3 atom stereocenters. The highest BCUT2D eigenvalue weighted by atomic mass is 19.1. The van der Waals surface area contributed by atoms with E-state index in [1.54, 1.807) is 12.1 Å². The van der Waals surface area contributed by atoms with Crippen LogP contribution in [0.2, 0.25) is 0 Å². The summed E-state index contributed by atoms with van der Waals surface area (Å²) in [5.41, 5.74) is 0.617. The Balaban J connectivity index is 1.45. The maximum Gasteiger partial charge on any atom is 0.319 e. The molecule has 0 radical (unpaired) electrons. The van der Waals surface area contributed by atoms with Crippen LogP contribution in [0.3, 0.4) is 0 Å². The van der Waals surface area contributed by atoms with Crippen LogP contribution >= 0.6 is 0 Å². The molecule has 1 aromatic carbocycles. The quantitative estimate of drug-likeness (QED) is 0.861. The van der Waals surface area contributed by atoms with Crippen molar-refractivity contribution in [3.8, 4) is 0 Å². The Labute approximate surface area is 112 Å². The average molecular weight is 262 g/mol. The second-order valence-corrected chi connectivity index (χ2v) is 5.78. The molecule has 2 saturated carbocycles. The largest absolute Gasteiger partial charge is 0.338 e. The van der Waals surface area contributed by atoms with Crippen molar-refractivity contribution in [3.63, 3.8) is 0 Å². The first-order valence-electron chi connectivity index (χ1n) is 7.01. The number of nitrogens with one attached hydrogen (secondary N) is 2. The van der Waals surface area contributed by atoms with E-state index in [1.807, 2.05) is 0 Å². The lowest BCUT2D eigenvalue weighted by molar-refractivity contribution is 0.245. The molecule has 2 amide bonds. The number of anilines is 1. The number of hydrogen-bond donors (Lipinski definition) is 2. The fourth-order valence-corrected chi connectivity index (χ4v) is 3.56. The van der Waals surface area contributed by atoms with Crippen LogP contribution in [0.15, 0.2) is 24.3 Å². The van der Waals surface area contributed by atoms with Gasteiger partial charge < -0.3 is 10.6 Å². The molecule has 2 bridgehead atoms. The lowest BCUT2D eigenvalue weighted by Gasteiger charge is -2.21. The molecule has 1 aromatic rings. The van der Waals surface area contributed by atoms with Crippen LogP contribution in [0.4, 0.5) is 14.9 Å². The topological polar surface area (TPSA) is 41.1 Å². The third kappa shape index (κ3) is 2.88. The number of halogens is 1. The molecule has 2 N–H and O–H groups in total. The Morgan fingerprint density at radius 3 is 2.63 bits per heavy atom. The van der Waals surface area contributed by atoms with Crippen molar-refractivity contribution >= 4 is 11.7 Å². The molecule has 0 unspecified atom stereocenters. The Bertz CT molecular complexity index is 460. The molecule has 0 heterocycles. The van der Waals surface area contributed by atoms with Gasteiger partial charge in [-0.25, -0.2) is 9.18 Å². The van der Waals surface area contributed by atoms with Crippen LogP contribution in [0, 0.1) is 23.6 Å². The first kappa shape index (κ1) is 12.5. The summed E-state index contributed by atoms with van der Waals surface area (Å²) in [6, 6.07) is 5.60. The van der Waals surface area contributed by atoms with Gasteiger partial charge in [-0.05, 0) is 61.3 Å². The van der Waals surface area contributed by atoms with E-state index in [0.29, 0.717) is 11.6 Å². The highest BCUT2D eigenvalue weighted by Gasteiger charge is 2.39. The molecule has 2 aliphatic carbocycles. The van der Waals surface area contributed by atoms with Gasteiger partial charge in [-0.1, -0.05) is 6.42 Å². The molecule has 0 aromatic heterocycles. The first-order chi connectivity index (χ1) is 9.20. The number of fused-ring (bicyclic) bond motifs is 2. The molecule has 2 aliphatic rings. The van der Waals surface area contributed by atoms with Crippen LogP contribution in [0.1, 0.15) is 25.7 Å². The van der Waals surface area contributed by atoms with Crippen LogP contribution < -0.4 is 10.6 Å². The number of carbonyl (C=O) groups excluding carboxylic acids is 1. The predicted octanol–water partition coefficient (Wildman–Crippen LogP) is 3.38. The lowest BCUT2D eigenvalue weighted by Crippen LogP contribution is -2.34. The zero-order valence-electron chi connectivity index (χ0n) is 10.9. The van der Waals surface area contributed by atoms with Crippen molar-refractivity contribution < 1.29 is 9.18 Å². The molecular weight excluding hydrogens is 243 g/mol. The van der Waals surface area contributed by atoms with Crippen molar-refractivity contribution in [2.75, 3.05) is 11.9 Å². The standard InChI is InChI=1S/C15H19FN2O/c16-13-3-5-14(6-4-13)18-15(19)17-9-12-8-10-1-2-11(12)7-10/h3-6,10-12H,1-2,7-9H2,(H2,17,18,19)/t10-,11-,12-/m0/s1. The van der Waals surface area contributed by atoms with E-state index in [1.165, 1.54) is 37.8 Å². The second-order valence-electron chi connectivity index (χ2n) is 5.78. The van der Waals surface area contributed by atoms with Gasteiger partial charge in [-0.15, -0.1) is 0 Å². The van der Waals surface area contributed by atoms with Gasteiger partial charge in [0.25, 0.3) is 0 Å². The molecular formula is C15H19FN2O. The molecule has 102 valence electrons. The predicted molar refractivity (Wildman–Crippen MR) is 72.4 cm³/mol. The van der Waals surface area contributed by atoms with E-state index in [2.05, 4.69) is 10.6 Å². The highest BCUT2D eigenvalue weighted by Crippen LogP contribution is 2.47. The number of carbonyl (C=O) groups is 1. The minimum Gasteiger partial charge on any atom is -0.338 e. The van der Waals surface area contributed by atoms with Crippen molar-refractivity contribution in [3.05, 3.63) is 30.1 Å². The summed E-state index contributed by atoms with van der Waals surface area (Å²) < 4.78 is 12.7. The summed E-state index contributed by atoms with van der Waals surface area (Å²) in [5.74, 6) is 2.07. The van der Waals surface area contributed by atoms with Crippen LogP contribution in [-0.4, -0.2) is 12.6 Å². The minimum absolute atomic E-state index is 0.200. The zero-order valence-corrected chi connectivity index (χ0v) is 10.9. The monoisotopic (exact) mass is 262 g/mol. The first-order valence-corrected chi connectivity index (χ1v) is 7.01. The smallest absolute Gasteiger partial charge is 0.319 e. The third-order valence-electron chi connectivity index (χ3n) is 4.51. The van der Waals surface area contributed by atoms with E-state index in [9.17, 15) is 9.18 Å². The Kier molecular flexibility index (Phi) is 3.40. The van der Waals surface area contributed by atoms with Crippen molar-refractivity contribution in [2.45, 2.75) is 25.7 Å². The van der Waals surface area contributed by atoms with Gasteiger partial charge in [-0.2, -0.15) is 0 Å². The summed E-state index contributed by atoms with van der Waals surface area (Å²) in [6.45, 7) is 0.758. The van der Waals surface area contributed by atoms with Gasteiger partial charge >= 0.3 is 6.03 Å². The van der Waals surface area contributed by atoms with Crippen molar-refractivity contribution in [2.24, 2.45) is 17.8 Å². The number of benzene rings is 1. The maximum absolute atomic E-state index is 12.7. The van der Waals surface area contributed by atoms with E-state index in [4.69, 9.17) is 0 Å². The normalized spacial score (nSPS) is 28.4. The number of rotatable bonds is 3. The number of amides is 2. The Hall–Kier alpha value is -1.58. The van der Waals surface area contributed by atoms with E-state index in [-0.39, 0.29) is 11.8 Å². The van der Waals surface area contributed by atoms with Gasteiger partial charge in [0.2, 0.25) is 0 Å². The van der Waals surface area contributed by atoms with Crippen LogP contribution in [0.5, 0.6) is 0 Å². The molecule has 19 heavy (non-hydrogen) atoms. The fraction of sp³-hybridized carbons (Fsp3) is 0.533.